The number of hydrogen-bond donors (Lipinski definition) is 0. The highest BCUT2D eigenvalue weighted by Gasteiger charge is 2.12. The lowest BCUT2D eigenvalue weighted by molar-refractivity contribution is -0.130. The van der Waals surface area contributed by atoms with Crippen molar-refractivity contribution < 1.29 is 9.53 Å². The zero-order chi connectivity index (χ0) is 16.8. The molecule has 1 aromatic heterocycles. The van der Waals surface area contributed by atoms with Gasteiger partial charge in [-0.05, 0) is 31.9 Å². The molecule has 0 saturated heterocycles. The van der Waals surface area contributed by atoms with Gasteiger partial charge in [-0.15, -0.1) is 0 Å². The van der Waals surface area contributed by atoms with E-state index in [1.807, 2.05) is 38.1 Å². The number of carbonyl (C=O) groups excluding carboxylic acids is 1. The molecule has 0 bridgehead atoms. The van der Waals surface area contributed by atoms with Crippen molar-refractivity contribution >= 4 is 17.2 Å². The molecule has 2 aromatic rings. The fourth-order valence-electron chi connectivity index (χ4n) is 2.18. The minimum Gasteiger partial charge on any atom is -0.493 e. The molecule has 23 heavy (non-hydrogen) atoms. The molecule has 0 atom stereocenters. The van der Waals surface area contributed by atoms with Crippen molar-refractivity contribution in [1.29, 1.82) is 0 Å². The second-order valence-electron chi connectivity index (χ2n) is 5.51. The third kappa shape index (κ3) is 4.69. The molecule has 0 aliphatic heterocycles. The van der Waals surface area contributed by atoms with Gasteiger partial charge >= 0.3 is 4.87 Å². The molecule has 2 rings (SSSR count). The second-order valence-corrected chi connectivity index (χ2v) is 6.33. The van der Waals surface area contributed by atoms with Gasteiger partial charge in [0.1, 0.15) is 12.3 Å². The van der Waals surface area contributed by atoms with E-state index in [4.69, 9.17) is 4.74 Å². The van der Waals surface area contributed by atoms with Gasteiger partial charge in [0.15, 0.2) is 0 Å². The Balaban J connectivity index is 1.76. The molecule has 1 amide bonds. The molecule has 0 aliphatic carbocycles. The maximum atomic E-state index is 12.2. The lowest BCUT2D eigenvalue weighted by Crippen LogP contribution is -2.34. The van der Waals surface area contributed by atoms with Crippen molar-refractivity contribution in [2.75, 3.05) is 20.2 Å². The molecule has 0 fully saturated rings. The average molecular weight is 334 g/mol. The van der Waals surface area contributed by atoms with Crippen LogP contribution in [0.15, 0.2) is 34.4 Å². The summed E-state index contributed by atoms with van der Waals surface area (Å²) in [6.45, 7) is 5.10. The van der Waals surface area contributed by atoms with E-state index in [1.54, 1.807) is 17.3 Å². The second kappa shape index (κ2) is 7.97. The molecule has 6 heteroatoms. The summed E-state index contributed by atoms with van der Waals surface area (Å²) in [5.41, 5.74) is 1.92. The van der Waals surface area contributed by atoms with Crippen LogP contribution < -0.4 is 9.61 Å². The molecular weight excluding hydrogens is 312 g/mol. The van der Waals surface area contributed by atoms with Crippen LogP contribution in [-0.4, -0.2) is 35.6 Å². The van der Waals surface area contributed by atoms with Crippen molar-refractivity contribution in [1.82, 2.24) is 9.47 Å². The maximum Gasteiger partial charge on any atom is 0.307 e. The Morgan fingerprint density at radius 3 is 2.70 bits per heavy atom. The minimum atomic E-state index is -0.0906. The number of para-hydroxylation sites is 1. The van der Waals surface area contributed by atoms with Gasteiger partial charge in [-0.1, -0.05) is 29.5 Å². The lowest BCUT2D eigenvalue weighted by atomic mass is 10.2. The van der Waals surface area contributed by atoms with E-state index in [1.165, 1.54) is 4.57 Å². The van der Waals surface area contributed by atoms with Crippen LogP contribution >= 0.6 is 11.3 Å². The van der Waals surface area contributed by atoms with Crippen molar-refractivity contribution in [3.63, 3.8) is 0 Å². The topological polar surface area (TPSA) is 51.5 Å². The summed E-state index contributed by atoms with van der Waals surface area (Å²) in [4.78, 5) is 25.4. The standard InChI is InChI=1S/C17H22N2O3S/c1-13-7-4-5-8-15(13)22-10-6-9-18(3)16(20)11-19-14(2)12-23-17(19)21/h4-5,7-8,12H,6,9-11H2,1-3H3. The largest absolute Gasteiger partial charge is 0.493 e. The van der Waals surface area contributed by atoms with E-state index < -0.39 is 0 Å². The highest BCUT2D eigenvalue weighted by molar-refractivity contribution is 7.07. The smallest absolute Gasteiger partial charge is 0.307 e. The predicted molar refractivity (Wildman–Crippen MR) is 92.2 cm³/mol. The zero-order valence-electron chi connectivity index (χ0n) is 13.7. The Morgan fingerprint density at radius 2 is 2.04 bits per heavy atom. The van der Waals surface area contributed by atoms with Gasteiger partial charge in [-0.25, -0.2) is 0 Å². The van der Waals surface area contributed by atoms with Crippen molar-refractivity contribution in [3.8, 4) is 5.75 Å². The molecular formula is C17H22N2O3S. The molecule has 1 heterocycles. The first kappa shape index (κ1) is 17.3. The van der Waals surface area contributed by atoms with Crippen molar-refractivity contribution in [3.05, 3.63) is 50.6 Å². The Bertz CT molecular complexity index is 721. The summed E-state index contributed by atoms with van der Waals surface area (Å²) in [6.07, 6.45) is 0.744. The molecule has 0 saturated carbocycles. The van der Waals surface area contributed by atoms with Gasteiger partial charge < -0.3 is 9.64 Å². The number of benzene rings is 1. The SMILES string of the molecule is Cc1ccccc1OCCCN(C)C(=O)Cn1c(C)csc1=O. The molecule has 0 unspecified atom stereocenters. The summed E-state index contributed by atoms with van der Waals surface area (Å²) in [5.74, 6) is 0.812. The van der Waals surface area contributed by atoms with E-state index in [9.17, 15) is 9.59 Å². The van der Waals surface area contributed by atoms with E-state index in [0.29, 0.717) is 13.2 Å². The summed E-state index contributed by atoms with van der Waals surface area (Å²) < 4.78 is 7.23. The number of nitrogens with zero attached hydrogens (tertiary/aromatic N) is 2. The van der Waals surface area contributed by atoms with Crippen LogP contribution in [0, 0.1) is 13.8 Å². The maximum absolute atomic E-state index is 12.2. The predicted octanol–water partition coefficient (Wildman–Crippen LogP) is 2.45. The third-order valence-electron chi connectivity index (χ3n) is 3.68. The molecule has 1 aromatic carbocycles. The number of rotatable bonds is 7. The van der Waals surface area contributed by atoms with Crippen LogP contribution in [0.2, 0.25) is 0 Å². The first-order chi connectivity index (χ1) is 11.0. The van der Waals surface area contributed by atoms with E-state index >= 15 is 0 Å². The Labute approximate surface area is 140 Å². The highest BCUT2D eigenvalue weighted by atomic mass is 32.1. The summed E-state index contributed by atoms with van der Waals surface area (Å²) in [7, 11) is 1.75. The molecule has 5 nitrogen and oxygen atoms in total. The number of hydrogen-bond acceptors (Lipinski definition) is 4. The van der Waals surface area contributed by atoms with Gasteiger partial charge in [0.05, 0.1) is 6.61 Å². The minimum absolute atomic E-state index is 0.0653. The van der Waals surface area contributed by atoms with Crippen LogP contribution in [0.3, 0.4) is 0 Å². The number of ether oxygens (including phenoxy) is 1. The molecule has 0 aliphatic rings. The average Bonchev–Trinajstić information content (AvgIpc) is 2.84. The number of thiazole rings is 1. The molecule has 0 spiro atoms. The summed E-state index contributed by atoms with van der Waals surface area (Å²) in [6, 6.07) is 7.86. The third-order valence-corrected chi connectivity index (χ3v) is 4.57. The number of aromatic nitrogens is 1. The Hall–Kier alpha value is -2.08. The fourth-order valence-corrected chi connectivity index (χ4v) is 2.91. The summed E-state index contributed by atoms with van der Waals surface area (Å²) in [5, 5.41) is 1.77. The van der Waals surface area contributed by atoms with Crippen LogP contribution in [-0.2, 0) is 11.3 Å². The lowest BCUT2D eigenvalue weighted by Gasteiger charge is -2.18. The molecule has 0 radical (unpaired) electrons. The van der Waals surface area contributed by atoms with Crippen LogP contribution in [0.4, 0.5) is 0 Å². The van der Waals surface area contributed by atoms with Crippen LogP contribution in [0.5, 0.6) is 5.75 Å². The van der Waals surface area contributed by atoms with Crippen LogP contribution in [0.1, 0.15) is 17.7 Å². The number of amides is 1. The number of carbonyl (C=O) groups is 1. The van der Waals surface area contributed by atoms with Gasteiger partial charge in [0.2, 0.25) is 5.91 Å². The highest BCUT2D eigenvalue weighted by Crippen LogP contribution is 2.16. The van der Waals surface area contributed by atoms with E-state index in [0.717, 1.165) is 34.8 Å². The Kier molecular flexibility index (Phi) is 5.98. The van der Waals surface area contributed by atoms with Gasteiger partial charge in [-0.3, -0.25) is 14.2 Å². The quantitative estimate of drug-likeness (QED) is 0.731. The van der Waals surface area contributed by atoms with Crippen molar-refractivity contribution in [2.24, 2.45) is 0 Å². The zero-order valence-corrected chi connectivity index (χ0v) is 14.6. The Morgan fingerprint density at radius 1 is 1.30 bits per heavy atom. The van der Waals surface area contributed by atoms with Gasteiger partial charge in [0, 0.05) is 24.7 Å². The fraction of sp³-hybridized carbons (Fsp3) is 0.412. The first-order valence-electron chi connectivity index (χ1n) is 7.56. The molecule has 124 valence electrons. The van der Waals surface area contributed by atoms with E-state index in [-0.39, 0.29) is 17.3 Å². The number of aryl methyl sites for hydroxylation is 2. The van der Waals surface area contributed by atoms with Gasteiger partial charge in [-0.2, -0.15) is 0 Å². The van der Waals surface area contributed by atoms with E-state index in [2.05, 4.69) is 0 Å². The number of likely N-dealkylation sites (N-methyl/N-ethyl adjacent to an activating group) is 1. The van der Waals surface area contributed by atoms with Crippen molar-refractivity contribution in [2.45, 2.75) is 26.8 Å². The monoisotopic (exact) mass is 334 g/mol. The van der Waals surface area contributed by atoms with Gasteiger partial charge in [0.25, 0.3) is 0 Å². The first-order valence-corrected chi connectivity index (χ1v) is 8.44. The summed E-state index contributed by atoms with van der Waals surface area (Å²) >= 11 is 1.12. The molecule has 0 N–H and O–H groups in total. The van der Waals surface area contributed by atoms with Crippen LogP contribution in [0.25, 0.3) is 0 Å². The normalized spacial score (nSPS) is 10.6.